The van der Waals surface area contributed by atoms with E-state index in [1.807, 2.05) is 0 Å². The molecule has 0 amide bonds. The summed E-state index contributed by atoms with van der Waals surface area (Å²) in [4.78, 5) is 4.31. The van der Waals surface area contributed by atoms with Crippen LogP contribution in [0.5, 0.6) is 5.75 Å². The van der Waals surface area contributed by atoms with Crippen LogP contribution in [0.1, 0.15) is 5.56 Å². The fraction of sp³-hybridized carbons (Fsp3) is 0.231. The number of hydrazine groups is 1. The molecule has 1 aromatic rings. The van der Waals surface area contributed by atoms with Crippen LogP contribution in [0.3, 0.4) is 0 Å². The van der Waals surface area contributed by atoms with Crippen molar-refractivity contribution in [2.45, 2.75) is 0 Å². The normalized spacial score (nSPS) is 14.2. The molecule has 0 fully saturated rings. The smallest absolute Gasteiger partial charge is 0.152 e. The minimum absolute atomic E-state index is 0.181. The molecule has 0 saturated carbocycles. The SMILES string of the molecule is COc1cc(N)c(C=N)cc1N(N)C1=NCNC(N)=C1CN. The Balaban J connectivity index is 2.51. The molecule has 118 valence electrons. The van der Waals surface area contributed by atoms with E-state index in [0.29, 0.717) is 46.6 Å². The number of nitrogens with one attached hydrogen (secondary N) is 2. The molecule has 1 aromatic carbocycles. The molecule has 10 N–H and O–H groups in total. The number of anilines is 2. The van der Waals surface area contributed by atoms with Crippen LogP contribution < -0.4 is 38.1 Å². The van der Waals surface area contributed by atoms with E-state index in [0.717, 1.165) is 6.21 Å². The van der Waals surface area contributed by atoms with Gasteiger partial charge in [0.1, 0.15) is 23.9 Å². The Morgan fingerprint density at radius 1 is 1.45 bits per heavy atom. The number of methoxy groups -OCH3 is 1. The van der Waals surface area contributed by atoms with Crippen LogP contribution in [0.4, 0.5) is 11.4 Å². The molecular weight excluding hydrogens is 284 g/mol. The van der Waals surface area contributed by atoms with Crippen LogP contribution in [-0.2, 0) is 0 Å². The van der Waals surface area contributed by atoms with Crippen molar-refractivity contribution in [3.8, 4) is 5.75 Å². The van der Waals surface area contributed by atoms with Gasteiger partial charge >= 0.3 is 0 Å². The molecule has 22 heavy (non-hydrogen) atoms. The van der Waals surface area contributed by atoms with Gasteiger partial charge in [0.2, 0.25) is 0 Å². The van der Waals surface area contributed by atoms with E-state index >= 15 is 0 Å². The van der Waals surface area contributed by atoms with E-state index in [1.165, 1.54) is 12.1 Å². The first-order valence-electron chi connectivity index (χ1n) is 6.53. The van der Waals surface area contributed by atoms with Crippen LogP contribution in [0, 0.1) is 5.41 Å². The van der Waals surface area contributed by atoms with Gasteiger partial charge in [-0.25, -0.2) is 10.8 Å². The van der Waals surface area contributed by atoms with E-state index in [9.17, 15) is 0 Å². The van der Waals surface area contributed by atoms with Crippen LogP contribution in [0.2, 0.25) is 0 Å². The van der Waals surface area contributed by atoms with E-state index < -0.39 is 0 Å². The van der Waals surface area contributed by atoms with Crippen LogP contribution in [0.25, 0.3) is 0 Å². The number of hydrogen-bond donors (Lipinski definition) is 6. The summed E-state index contributed by atoms with van der Waals surface area (Å²) < 4.78 is 5.31. The van der Waals surface area contributed by atoms with Gasteiger partial charge in [-0.05, 0) is 6.07 Å². The van der Waals surface area contributed by atoms with Gasteiger partial charge in [-0.1, -0.05) is 0 Å². The van der Waals surface area contributed by atoms with Crippen molar-refractivity contribution in [1.29, 1.82) is 5.41 Å². The zero-order valence-corrected chi connectivity index (χ0v) is 12.3. The third-order valence-electron chi connectivity index (χ3n) is 3.33. The molecule has 0 bridgehead atoms. The lowest BCUT2D eigenvalue weighted by Crippen LogP contribution is -2.45. The Kier molecular flexibility index (Phi) is 4.49. The largest absolute Gasteiger partial charge is 0.494 e. The van der Waals surface area contributed by atoms with Crippen LogP contribution >= 0.6 is 0 Å². The number of aliphatic imine (C=N–C) groups is 1. The molecule has 0 atom stereocenters. The van der Waals surface area contributed by atoms with Crippen molar-refractivity contribution in [2.24, 2.45) is 22.3 Å². The maximum Gasteiger partial charge on any atom is 0.152 e. The summed E-state index contributed by atoms with van der Waals surface area (Å²) >= 11 is 0. The third kappa shape index (κ3) is 2.67. The Bertz CT molecular complexity index is 652. The number of amidine groups is 1. The van der Waals surface area contributed by atoms with E-state index in [-0.39, 0.29) is 6.54 Å². The first-order valence-corrected chi connectivity index (χ1v) is 6.53. The summed E-state index contributed by atoms with van der Waals surface area (Å²) in [5, 5.41) is 11.6. The average molecular weight is 304 g/mol. The highest BCUT2D eigenvalue weighted by molar-refractivity contribution is 6.11. The molecule has 1 heterocycles. The van der Waals surface area contributed by atoms with Gasteiger partial charge in [-0.3, -0.25) is 5.01 Å². The number of nitrogens with two attached hydrogens (primary N) is 4. The summed E-state index contributed by atoms with van der Waals surface area (Å²) in [6, 6.07) is 3.25. The highest BCUT2D eigenvalue weighted by Crippen LogP contribution is 2.32. The number of hydrogen-bond acceptors (Lipinski definition) is 9. The Morgan fingerprint density at radius 2 is 2.18 bits per heavy atom. The molecule has 0 saturated heterocycles. The number of rotatable bonds is 4. The molecule has 9 heteroatoms. The predicted molar refractivity (Wildman–Crippen MR) is 87.7 cm³/mol. The molecule has 1 aliphatic rings. The Morgan fingerprint density at radius 3 is 2.77 bits per heavy atom. The fourth-order valence-corrected chi connectivity index (χ4v) is 2.14. The molecule has 0 radical (unpaired) electrons. The zero-order valence-electron chi connectivity index (χ0n) is 12.3. The second-order valence-electron chi connectivity index (χ2n) is 4.58. The number of nitrogens with zero attached hydrogens (tertiary/aromatic N) is 2. The van der Waals surface area contributed by atoms with Crippen LogP contribution in [-0.4, -0.2) is 32.4 Å². The summed E-state index contributed by atoms with van der Waals surface area (Å²) in [6.07, 6.45) is 1.14. The molecule has 0 aliphatic carbocycles. The topological polar surface area (TPSA) is 165 Å². The minimum atomic E-state index is 0.181. The predicted octanol–water partition coefficient (Wildman–Crippen LogP) is -0.957. The molecule has 1 aliphatic heterocycles. The van der Waals surface area contributed by atoms with Crippen molar-refractivity contribution in [3.63, 3.8) is 0 Å². The highest BCUT2D eigenvalue weighted by atomic mass is 16.5. The molecular formula is C13H20N8O. The summed E-state index contributed by atoms with van der Waals surface area (Å²) in [7, 11) is 1.51. The lowest BCUT2D eigenvalue weighted by atomic mass is 10.1. The van der Waals surface area contributed by atoms with Crippen molar-refractivity contribution in [3.05, 3.63) is 29.1 Å². The molecule has 0 unspecified atom stereocenters. The zero-order chi connectivity index (χ0) is 16.3. The number of ether oxygens (including phenoxy) is 1. The van der Waals surface area contributed by atoms with Crippen molar-refractivity contribution >= 4 is 23.4 Å². The summed E-state index contributed by atoms with van der Waals surface area (Å²) in [6.45, 7) is 0.479. The number of nitrogen functional groups attached to an aromatic ring is 1. The van der Waals surface area contributed by atoms with Gasteiger partial charge in [-0.15, -0.1) is 0 Å². The summed E-state index contributed by atoms with van der Waals surface area (Å²) in [5.41, 5.74) is 19.5. The van der Waals surface area contributed by atoms with Crippen LogP contribution in [0.15, 0.2) is 28.5 Å². The molecule has 0 aromatic heterocycles. The highest BCUT2D eigenvalue weighted by Gasteiger charge is 2.23. The fourth-order valence-electron chi connectivity index (χ4n) is 2.14. The second-order valence-corrected chi connectivity index (χ2v) is 4.58. The monoisotopic (exact) mass is 304 g/mol. The van der Waals surface area contributed by atoms with Gasteiger partial charge in [0.25, 0.3) is 0 Å². The molecule has 2 rings (SSSR count). The Hall–Kier alpha value is -2.78. The van der Waals surface area contributed by atoms with Gasteiger partial charge in [0.15, 0.2) is 5.84 Å². The first kappa shape index (κ1) is 15.6. The van der Waals surface area contributed by atoms with E-state index in [1.54, 1.807) is 12.1 Å². The standard InChI is InChI=1S/C13H20N8O/c1-22-11-3-9(16)7(4-14)2-10(11)21(18)13-8(5-15)12(17)19-6-20-13/h2-4,14,19H,5-6,15-18H2,1H3. The first-order chi connectivity index (χ1) is 10.5. The van der Waals surface area contributed by atoms with Crippen molar-refractivity contribution < 1.29 is 4.74 Å². The maximum atomic E-state index is 7.41. The van der Waals surface area contributed by atoms with Crippen molar-refractivity contribution in [1.82, 2.24) is 5.32 Å². The van der Waals surface area contributed by atoms with Crippen molar-refractivity contribution in [2.75, 3.05) is 31.1 Å². The molecule has 0 spiro atoms. The minimum Gasteiger partial charge on any atom is -0.494 e. The van der Waals surface area contributed by atoms with Gasteiger partial charge < -0.3 is 32.7 Å². The maximum absolute atomic E-state index is 7.41. The lowest BCUT2D eigenvalue weighted by molar-refractivity contribution is 0.415. The van der Waals surface area contributed by atoms with E-state index in [4.69, 9.17) is 33.2 Å². The number of benzene rings is 1. The Labute approximate surface area is 128 Å². The average Bonchev–Trinajstić information content (AvgIpc) is 2.53. The van der Waals surface area contributed by atoms with Gasteiger partial charge in [0.05, 0.1) is 7.11 Å². The van der Waals surface area contributed by atoms with E-state index in [2.05, 4.69) is 10.3 Å². The summed E-state index contributed by atoms with van der Waals surface area (Å²) in [5.74, 6) is 7.52. The lowest BCUT2D eigenvalue weighted by Gasteiger charge is -2.28. The van der Waals surface area contributed by atoms with Gasteiger partial charge in [-0.2, -0.15) is 0 Å². The second kappa shape index (κ2) is 6.33. The quantitative estimate of drug-likeness (QED) is 0.180. The third-order valence-corrected chi connectivity index (χ3v) is 3.33. The molecule has 9 nitrogen and oxygen atoms in total. The van der Waals surface area contributed by atoms with Gasteiger partial charge in [0, 0.05) is 35.6 Å².